The molecule has 26 heavy (non-hydrogen) atoms. The summed E-state index contributed by atoms with van der Waals surface area (Å²) in [5, 5.41) is 3.61. The second kappa shape index (κ2) is 6.88. The van der Waals surface area contributed by atoms with E-state index in [1.165, 1.54) is 0 Å². The van der Waals surface area contributed by atoms with E-state index in [9.17, 15) is 4.79 Å². The predicted molar refractivity (Wildman–Crippen MR) is 98.8 cm³/mol. The van der Waals surface area contributed by atoms with Crippen LogP contribution in [0.1, 0.15) is 24.4 Å². The van der Waals surface area contributed by atoms with Crippen LogP contribution in [0, 0.1) is 0 Å². The second-order valence-corrected chi connectivity index (χ2v) is 6.65. The van der Waals surface area contributed by atoms with E-state index < -0.39 is 0 Å². The summed E-state index contributed by atoms with van der Waals surface area (Å²) < 4.78 is 11.1. The smallest absolute Gasteiger partial charge is 0.228 e. The predicted octanol–water partition coefficient (Wildman–Crippen LogP) is 3.41. The van der Waals surface area contributed by atoms with Crippen LogP contribution in [0.4, 0.5) is 0 Å². The van der Waals surface area contributed by atoms with Crippen molar-refractivity contribution < 1.29 is 14.3 Å². The van der Waals surface area contributed by atoms with Crippen LogP contribution in [0.25, 0.3) is 11.0 Å². The summed E-state index contributed by atoms with van der Waals surface area (Å²) in [6.07, 6.45) is 0.168. The number of amides is 1. The van der Waals surface area contributed by atoms with Crippen LogP contribution in [0.5, 0.6) is 11.5 Å². The number of hydrogen-bond acceptors (Lipinski definition) is 4. The molecule has 0 aliphatic carbocycles. The number of nitrogens with one attached hydrogen (secondary N) is 2. The first-order chi connectivity index (χ1) is 12.6. The van der Waals surface area contributed by atoms with E-state index in [2.05, 4.69) is 15.3 Å². The zero-order valence-corrected chi connectivity index (χ0v) is 15.0. The molecule has 1 amide bonds. The van der Waals surface area contributed by atoms with Gasteiger partial charge in [-0.2, -0.15) is 0 Å². The van der Waals surface area contributed by atoms with Crippen molar-refractivity contribution >= 4 is 28.5 Å². The van der Waals surface area contributed by atoms with Crippen LogP contribution in [0.2, 0.25) is 5.02 Å². The molecule has 0 radical (unpaired) electrons. The molecule has 6 nitrogen and oxygen atoms in total. The maximum absolute atomic E-state index is 12.4. The quantitative estimate of drug-likeness (QED) is 0.736. The summed E-state index contributed by atoms with van der Waals surface area (Å²) in [5.41, 5.74) is 2.57. The monoisotopic (exact) mass is 371 g/mol. The summed E-state index contributed by atoms with van der Waals surface area (Å²) in [7, 11) is 0. The molecule has 4 rings (SSSR count). The van der Waals surface area contributed by atoms with Crippen molar-refractivity contribution in [3.8, 4) is 11.5 Å². The standard InChI is InChI=1S/C19H18ClN3O3/c1-11(12-2-5-16-17(8-12)26-7-6-25-16)21-19(24)10-18-22-14-4-3-13(20)9-15(14)23-18/h2-5,8-9,11H,6-7,10H2,1H3,(H,21,24)(H,22,23)/t11-/m0/s1. The topological polar surface area (TPSA) is 76.2 Å². The average Bonchev–Trinajstić information content (AvgIpc) is 3.02. The van der Waals surface area contributed by atoms with Crippen LogP contribution in [0.15, 0.2) is 36.4 Å². The molecule has 2 N–H and O–H groups in total. The first-order valence-corrected chi connectivity index (χ1v) is 8.79. The van der Waals surface area contributed by atoms with Crippen LogP contribution in [0.3, 0.4) is 0 Å². The van der Waals surface area contributed by atoms with Gasteiger partial charge in [0.1, 0.15) is 19.0 Å². The Morgan fingerprint density at radius 2 is 2.04 bits per heavy atom. The molecule has 3 aromatic rings. The molecular weight excluding hydrogens is 354 g/mol. The van der Waals surface area contributed by atoms with Gasteiger partial charge in [-0.25, -0.2) is 4.98 Å². The van der Waals surface area contributed by atoms with Crippen LogP contribution >= 0.6 is 11.6 Å². The molecule has 0 unspecified atom stereocenters. The maximum Gasteiger partial charge on any atom is 0.228 e. The van der Waals surface area contributed by atoms with Crippen molar-refractivity contribution in [3.63, 3.8) is 0 Å². The van der Waals surface area contributed by atoms with Crippen LogP contribution in [-0.4, -0.2) is 29.1 Å². The first-order valence-electron chi connectivity index (χ1n) is 8.41. The molecule has 2 heterocycles. The molecule has 1 aromatic heterocycles. The molecule has 0 fully saturated rings. The third-order valence-electron chi connectivity index (χ3n) is 4.26. The van der Waals surface area contributed by atoms with Crippen molar-refractivity contribution in [2.24, 2.45) is 0 Å². The number of ether oxygens (including phenoxy) is 2. The number of halogens is 1. The Bertz CT molecular complexity index is 970. The number of imidazole rings is 1. The van der Waals surface area contributed by atoms with Gasteiger partial charge in [0.05, 0.1) is 23.5 Å². The molecule has 0 bridgehead atoms. The highest BCUT2D eigenvalue weighted by Gasteiger charge is 2.16. The van der Waals surface area contributed by atoms with E-state index in [-0.39, 0.29) is 18.4 Å². The minimum Gasteiger partial charge on any atom is -0.486 e. The number of rotatable bonds is 4. The Labute approximate surface area is 155 Å². The Morgan fingerprint density at radius 3 is 2.88 bits per heavy atom. The average molecular weight is 372 g/mol. The highest BCUT2D eigenvalue weighted by molar-refractivity contribution is 6.31. The molecule has 1 aliphatic rings. The molecule has 7 heteroatoms. The van der Waals surface area contributed by atoms with E-state index in [0.29, 0.717) is 29.8 Å². The fourth-order valence-corrected chi connectivity index (χ4v) is 3.15. The Kier molecular flexibility index (Phi) is 4.42. The number of carbonyl (C=O) groups excluding carboxylic acids is 1. The van der Waals surface area contributed by atoms with Gasteiger partial charge in [-0.1, -0.05) is 17.7 Å². The third-order valence-corrected chi connectivity index (χ3v) is 4.50. The lowest BCUT2D eigenvalue weighted by molar-refractivity contribution is -0.121. The van der Waals surface area contributed by atoms with Gasteiger partial charge in [-0.3, -0.25) is 4.79 Å². The zero-order valence-electron chi connectivity index (χ0n) is 14.2. The largest absolute Gasteiger partial charge is 0.486 e. The minimum atomic E-state index is -0.155. The fourth-order valence-electron chi connectivity index (χ4n) is 2.98. The molecule has 2 aromatic carbocycles. The maximum atomic E-state index is 12.4. The van der Waals surface area contributed by atoms with E-state index in [0.717, 1.165) is 22.3 Å². The SMILES string of the molecule is C[C@H](NC(=O)Cc1nc2ccc(Cl)cc2[nH]1)c1ccc2c(c1)OCCO2. The van der Waals surface area contributed by atoms with E-state index >= 15 is 0 Å². The normalized spacial score (nSPS) is 14.2. The summed E-state index contributed by atoms with van der Waals surface area (Å²) in [6.45, 7) is 3.02. The lowest BCUT2D eigenvalue weighted by Gasteiger charge is -2.21. The van der Waals surface area contributed by atoms with Crippen molar-refractivity contribution in [1.29, 1.82) is 0 Å². The molecular formula is C19H18ClN3O3. The number of aromatic nitrogens is 2. The van der Waals surface area contributed by atoms with Gasteiger partial charge < -0.3 is 19.8 Å². The van der Waals surface area contributed by atoms with Gasteiger partial charge in [-0.15, -0.1) is 0 Å². The molecule has 134 valence electrons. The lowest BCUT2D eigenvalue weighted by Crippen LogP contribution is -2.28. The van der Waals surface area contributed by atoms with Gasteiger partial charge in [-0.05, 0) is 42.8 Å². The van der Waals surface area contributed by atoms with Crippen molar-refractivity contribution in [1.82, 2.24) is 15.3 Å². The third kappa shape index (κ3) is 3.46. The number of carbonyl (C=O) groups is 1. The van der Waals surface area contributed by atoms with Crippen molar-refractivity contribution in [2.75, 3.05) is 13.2 Å². The van der Waals surface area contributed by atoms with E-state index in [1.807, 2.05) is 31.2 Å². The zero-order chi connectivity index (χ0) is 18.1. The Balaban J connectivity index is 1.43. The second-order valence-electron chi connectivity index (χ2n) is 6.21. The van der Waals surface area contributed by atoms with Gasteiger partial charge in [0, 0.05) is 5.02 Å². The summed E-state index contributed by atoms with van der Waals surface area (Å²) in [6, 6.07) is 11.0. The van der Waals surface area contributed by atoms with E-state index in [4.69, 9.17) is 21.1 Å². The molecule has 0 saturated heterocycles. The van der Waals surface area contributed by atoms with Crippen LogP contribution < -0.4 is 14.8 Å². The highest BCUT2D eigenvalue weighted by Crippen LogP contribution is 2.32. The number of hydrogen-bond donors (Lipinski definition) is 2. The van der Waals surface area contributed by atoms with E-state index in [1.54, 1.807) is 12.1 Å². The van der Waals surface area contributed by atoms with Gasteiger partial charge in [0.25, 0.3) is 0 Å². The molecule has 0 saturated carbocycles. The summed E-state index contributed by atoms with van der Waals surface area (Å²) in [5.74, 6) is 1.94. The minimum absolute atomic E-state index is 0.113. The Morgan fingerprint density at radius 1 is 1.23 bits per heavy atom. The van der Waals surface area contributed by atoms with Gasteiger partial charge in [0.2, 0.25) is 5.91 Å². The van der Waals surface area contributed by atoms with Gasteiger partial charge in [0.15, 0.2) is 11.5 Å². The molecule has 1 atom stereocenters. The number of aromatic amines is 1. The summed E-state index contributed by atoms with van der Waals surface area (Å²) >= 11 is 5.97. The number of benzene rings is 2. The number of fused-ring (bicyclic) bond motifs is 2. The van der Waals surface area contributed by atoms with Crippen molar-refractivity contribution in [2.45, 2.75) is 19.4 Å². The first kappa shape index (κ1) is 16.7. The fraction of sp³-hybridized carbons (Fsp3) is 0.263. The van der Waals surface area contributed by atoms with Crippen molar-refractivity contribution in [3.05, 3.63) is 52.8 Å². The number of H-pyrrole nitrogens is 1. The molecule has 1 aliphatic heterocycles. The Hall–Kier alpha value is -2.73. The lowest BCUT2D eigenvalue weighted by atomic mass is 10.1. The summed E-state index contributed by atoms with van der Waals surface area (Å²) in [4.78, 5) is 19.9. The molecule has 0 spiro atoms. The number of nitrogens with zero attached hydrogens (tertiary/aromatic N) is 1. The van der Waals surface area contributed by atoms with Gasteiger partial charge >= 0.3 is 0 Å². The van der Waals surface area contributed by atoms with Crippen LogP contribution in [-0.2, 0) is 11.2 Å². The highest BCUT2D eigenvalue weighted by atomic mass is 35.5.